The van der Waals surface area contributed by atoms with Gasteiger partial charge in [0.1, 0.15) is 4.99 Å². The molecule has 2 N–H and O–H groups in total. The van der Waals surface area contributed by atoms with E-state index in [-0.39, 0.29) is 0 Å². The van der Waals surface area contributed by atoms with E-state index in [2.05, 4.69) is 25.8 Å². The van der Waals surface area contributed by atoms with Crippen molar-refractivity contribution in [1.29, 1.82) is 0 Å². The molecule has 0 spiro atoms. The van der Waals surface area contributed by atoms with Gasteiger partial charge in [-0.05, 0) is 35.0 Å². The van der Waals surface area contributed by atoms with Crippen LogP contribution in [-0.2, 0) is 6.54 Å². The molecule has 2 rings (SSSR count). The average Bonchev–Trinajstić information content (AvgIpc) is 2.74. The molecular formula is C13H14BrN3S2. The van der Waals surface area contributed by atoms with Crippen LogP contribution in [0.25, 0.3) is 0 Å². The van der Waals surface area contributed by atoms with Gasteiger partial charge in [-0.3, -0.25) is 0 Å². The Labute approximate surface area is 130 Å². The van der Waals surface area contributed by atoms with Crippen molar-refractivity contribution >= 4 is 50.2 Å². The topological polar surface area (TPSA) is 42.2 Å². The van der Waals surface area contributed by atoms with Gasteiger partial charge in [0, 0.05) is 27.6 Å². The Morgan fingerprint density at radius 2 is 2.26 bits per heavy atom. The number of benzene rings is 1. The Balaban J connectivity index is 2.34. The largest absolute Gasteiger partial charge is 0.389 e. The van der Waals surface area contributed by atoms with Crippen LogP contribution < -0.4 is 10.6 Å². The van der Waals surface area contributed by atoms with Gasteiger partial charge in [-0.1, -0.05) is 18.3 Å². The van der Waals surface area contributed by atoms with E-state index >= 15 is 0 Å². The van der Waals surface area contributed by atoms with Gasteiger partial charge in [-0.25, -0.2) is 4.98 Å². The predicted molar refractivity (Wildman–Crippen MR) is 89.0 cm³/mol. The fourth-order valence-electron chi connectivity index (χ4n) is 1.85. The standard InChI is InChI=1S/C13H14BrN3S2/c1-8-11(19-7-16-8)6-17(2)10-5-3-4-9(14)12(10)13(15)18/h3-5,7H,6H2,1-2H3,(H2,15,18). The van der Waals surface area contributed by atoms with Gasteiger partial charge in [-0.2, -0.15) is 0 Å². The van der Waals surface area contributed by atoms with Gasteiger partial charge in [-0.15, -0.1) is 11.3 Å². The first-order chi connectivity index (χ1) is 9.00. The second-order valence-electron chi connectivity index (χ2n) is 4.22. The predicted octanol–water partition coefficient (Wildman–Crippen LogP) is 3.48. The zero-order valence-electron chi connectivity index (χ0n) is 10.7. The lowest BCUT2D eigenvalue weighted by molar-refractivity contribution is 0.924. The minimum absolute atomic E-state index is 0.398. The van der Waals surface area contributed by atoms with Gasteiger partial charge in [0.2, 0.25) is 0 Å². The Morgan fingerprint density at radius 3 is 2.84 bits per heavy atom. The number of aromatic nitrogens is 1. The van der Waals surface area contributed by atoms with E-state index in [1.165, 1.54) is 4.88 Å². The molecule has 6 heteroatoms. The summed E-state index contributed by atoms with van der Waals surface area (Å²) >= 11 is 10.3. The van der Waals surface area contributed by atoms with Crippen molar-refractivity contribution in [3.8, 4) is 0 Å². The van der Waals surface area contributed by atoms with Crippen molar-refractivity contribution in [2.45, 2.75) is 13.5 Å². The van der Waals surface area contributed by atoms with Crippen LogP contribution in [0.3, 0.4) is 0 Å². The molecule has 1 heterocycles. The van der Waals surface area contributed by atoms with Crippen molar-refractivity contribution in [1.82, 2.24) is 4.98 Å². The number of hydrogen-bond acceptors (Lipinski definition) is 4. The fraction of sp³-hybridized carbons (Fsp3) is 0.231. The molecule has 0 bridgehead atoms. The summed E-state index contributed by atoms with van der Waals surface area (Å²) in [6, 6.07) is 5.95. The Morgan fingerprint density at radius 1 is 1.53 bits per heavy atom. The Bertz CT molecular complexity index is 610. The van der Waals surface area contributed by atoms with Gasteiger partial charge in [0.05, 0.1) is 17.7 Å². The second kappa shape index (κ2) is 5.98. The van der Waals surface area contributed by atoms with Crippen molar-refractivity contribution in [3.05, 3.63) is 44.3 Å². The van der Waals surface area contributed by atoms with Crippen molar-refractivity contribution in [3.63, 3.8) is 0 Å². The summed E-state index contributed by atoms with van der Waals surface area (Å²) in [5.74, 6) is 0. The van der Waals surface area contributed by atoms with Crippen molar-refractivity contribution in [2.24, 2.45) is 5.73 Å². The lowest BCUT2D eigenvalue weighted by atomic mass is 10.1. The molecule has 0 aliphatic rings. The Kier molecular flexibility index (Phi) is 4.54. The molecule has 0 unspecified atom stereocenters. The lowest BCUT2D eigenvalue weighted by Crippen LogP contribution is -2.21. The summed E-state index contributed by atoms with van der Waals surface area (Å²) in [7, 11) is 2.03. The number of rotatable bonds is 4. The summed E-state index contributed by atoms with van der Waals surface area (Å²) in [5.41, 5.74) is 10.7. The molecular weight excluding hydrogens is 342 g/mol. The first-order valence-electron chi connectivity index (χ1n) is 5.69. The molecule has 1 aromatic heterocycles. The third-order valence-electron chi connectivity index (χ3n) is 2.87. The van der Waals surface area contributed by atoms with Crippen LogP contribution in [0.15, 0.2) is 28.2 Å². The maximum Gasteiger partial charge on any atom is 0.107 e. The quantitative estimate of drug-likeness (QED) is 0.852. The van der Waals surface area contributed by atoms with E-state index < -0.39 is 0 Å². The third kappa shape index (κ3) is 3.13. The molecule has 0 fully saturated rings. The highest BCUT2D eigenvalue weighted by Crippen LogP contribution is 2.29. The normalized spacial score (nSPS) is 10.5. The first-order valence-corrected chi connectivity index (χ1v) is 7.77. The lowest BCUT2D eigenvalue weighted by Gasteiger charge is -2.22. The third-order valence-corrected chi connectivity index (χ3v) is 4.66. The summed E-state index contributed by atoms with van der Waals surface area (Å²) in [5, 5.41) is 0. The molecule has 3 nitrogen and oxygen atoms in total. The van der Waals surface area contributed by atoms with Crippen LogP contribution in [0, 0.1) is 6.92 Å². The molecule has 0 amide bonds. The molecule has 2 aromatic rings. The maximum absolute atomic E-state index is 5.82. The minimum Gasteiger partial charge on any atom is -0.389 e. The highest BCUT2D eigenvalue weighted by atomic mass is 79.9. The van der Waals surface area contributed by atoms with Crippen molar-refractivity contribution in [2.75, 3.05) is 11.9 Å². The van der Waals surface area contributed by atoms with E-state index in [4.69, 9.17) is 18.0 Å². The molecule has 0 radical (unpaired) electrons. The number of nitrogens with zero attached hydrogens (tertiary/aromatic N) is 2. The van der Waals surface area contributed by atoms with Crippen LogP contribution in [0.4, 0.5) is 5.69 Å². The van der Waals surface area contributed by atoms with E-state index in [0.717, 1.165) is 28.0 Å². The monoisotopic (exact) mass is 355 g/mol. The zero-order valence-corrected chi connectivity index (χ0v) is 13.9. The maximum atomic E-state index is 5.82. The molecule has 0 aliphatic heterocycles. The number of hydrogen-bond donors (Lipinski definition) is 1. The van der Waals surface area contributed by atoms with E-state index in [1.807, 2.05) is 37.7 Å². The molecule has 0 atom stereocenters. The van der Waals surface area contributed by atoms with Crippen LogP contribution in [0.5, 0.6) is 0 Å². The second-order valence-corrected chi connectivity index (χ2v) is 6.45. The van der Waals surface area contributed by atoms with Crippen LogP contribution in [0.1, 0.15) is 16.1 Å². The first kappa shape index (κ1) is 14.4. The number of thiazole rings is 1. The minimum atomic E-state index is 0.398. The molecule has 100 valence electrons. The van der Waals surface area contributed by atoms with Gasteiger partial charge >= 0.3 is 0 Å². The van der Waals surface area contributed by atoms with Crippen molar-refractivity contribution < 1.29 is 0 Å². The van der Waals surface area contributed by atoms with E-state index in [1.54, 1.807) is 11.3 Å². The molecule has 0 saturated carbocycles. The van der Waals surface area contributed by atoms with E-state index in [0.29, 0.717) is 4.99 Å². The van der Waals surface area contributed by atoms with Crippen LogP contribution in [0.2, 0.25) is 0 Å². The molecule has 0 aliphatic carbocycles. The summed E-state index contributed by atoms with van der Waals surface area (Å²) in [4.78, 5) is 8.05. The zero-order chi connectivity index (χ0) is 14.0. The number of thiocarbonyl (C=S) groups is 1. The fourth-order valence-corrected chi connectivity index (χ4v) is 3.60. The highest BCUT2D eigenvalue weighted by Gasteiger charge is 2.14. The Hall–Kier alpha value is -0.980. The van der Waals surface area contributed by atoms with E-state index in [9.17, 15) is 0 Å². The van der Waals surface area contributed by atoms with Crippen LogP contribution in [-0.4, -0.2) is 17.0 Å². The summed E-state index contributed by atoms with van der Waals surface area (Å²) in [6.07, 6.45) is 0. The SMILES string of the molecule is Cc1ncsc1CN(C)c1cccc(Br)c1C(N)=S. The highest BCUT2D eigenvalue weighted by molar-refractivity contribution is 9.10. The number of nitrogens with two attached hydrogens (primary N) is 1. The van der Waals surface area contributed by atoms with Gasteiger partial charge < -0.3 is 10.6 Å². The summed E-state index contributed by atoms with van der Waals surface area (Å²) < 4.78 is 0.922. The molecule has 19 heavy (non-hydrogen) atoms. The van der Waals surface area contributed by atoms with Gasteiger partial charge in [0.15, 0.2) is 0 Å². The molecule has 1 aromatic carbocycles. The number of anilines is 1. The molecule has 0 saturated heterocycles. The smallest absolute Gasteiger partial charge is 0.107 e. The van der Waals surface area contributed by atoms with Crippen LogP contribution >= 0.6 is 39.5 Å². The summed E-state index contributed by atoms with van der Waals surface area (Å²) in [6.45, 7) is 2.82. The van der Waals surface area contributed by atoms with Gasteiger partial charge in [0.25, 0.3) is 0 Å². The number of aryl methyl sites for hydroxylation is 1. The average molecular weight is 356 g/mol. The number of halogens is 1.